The molecule has 1 N–H and O–H groups in total. The molecule has 0 saturated heterocycles. The van der Waals surface area contributed by atoms with Gasteiger partial charge in [-0.2, -0.15) is 0 Å². The fraction of sp³-hybridized carbons (Fsp3) is 0.452. The molecule has 1 aliphatic rings. The number of halogens is 2. The summed E-state index contributed by atoms with van der Waals surface area (Å²) in [6.45, 7) is 11.5. The first-order valence-corrected chi connectivity index (χ1v) is 22.1. The molecule has 201 valence electrons. The van der Waals surface area contributed by atoms with Gasteiger partial charge in [-0.25, -0.2) is 0 Å². The fourth-order valence-electron chi connectivity index (χ4n) is 5.37. The van der Waals surface area contributed by atoms with Crippen LogP contribution in [0.1, 0.15) is 86.0 Å². The molecule has 0 heterocycles. The number of carbonyl (C=O) groups excluding carboxylic acids is 1. The van der Waals surface area contributed by atoms with Gasteiger partial charge in [0.25, 0.3) is 0 Å². The number of benzene rings is 2. The Morgan fingerprint density at radius 3 is 1.73 bits per heavy atom. The number of carbonyl (C=O) groups is 1. The second-order valence-corrected chi connectivity index (χ2v) is 24.0. The van der Waals surface area contributed by atoms with E-state index in [1.54, 1.807) is 3.28 Å². The van der Waals surface area contributed by atoms with Gasteiger partial charge in [0.1, 0.15) is 0 Å². The van der Waals surface area contributed by atoms with Crippen LogP contribution in [0.4, 0.5) is 0 Å². The number of unbranched alkanes of at least 4 members (excludes halogenated alkanes) is 6. The van der Waals surface area contributed by atoms with Gasteiger partial charge < -0.3 is 24.8 Å². The molecule has 37 heavy (non-hydrogen) atoms. The van der Waals surface area contributed by atoms with Crippen molar-refractivity contribution in [2.45, 2.75) is 86.0 Å². The molecule has 0 fully saturated rings. The van der Waals surface area contributed by atoms with Crippen molar-refractivity contribution in [3.05, 3.63) is 80.7 Å². The zero-order valence-electron chi connectivity index (χ0n) is 23.2. The largest absolute Gasteiger partial charge is 1.00 e. The summed E-state index contributed by atoms with van der Waals surface area (Å²) >= 11 is -2.58. The molecule has 0 radical (unpaired) electrons. The van der Waals surface area contributed by atoms with Crippen LogP contribution in [-0.2, 0) is 26.0 Å². The van der Waals surface area contributed by atoms with Crippen LogP contribution < -0.4 is 38.4 Å². The summed E-state index contributed by atoms with van der Waals surface area (Å²) in [6.07, 6.45) is 9.38. The summed E-state index contributed by atoms with van der Waals surface area (Å²) in [4.78, 5) is 13.4. The number of hydrogen-bond donors (Lipinski definition) is 1. The van der Waals surface area contributed by atoms with Crippen LogP contribution in [-0.4, -0.2) is 11.8 Å². The molecule has 6 heteroatoms. The standard InChI is InChI=1S/C12H11Si.C10H21NO.C9H13.2ClH.Zr/c1-3-7-11(8-4-1)13-12-9-5-2-6-10-12;1-2-3-4-5-6-7-8-9-10(11)12;1-6-5-7(2)9(4)8(6)3;;;/h1-10,13H;2-9H2,1H3,(H2,11,12);6H,1-4H3;2*1H;/q;;;;;+3/p-3. The molecule has 0 spiro atoms. The zero-order valence-corrected chi connectivity index (χ0v) is 28.4. The molecule has 0 saturated carbocycles. The normalized spacial score (nSPS) is 14.9. The van der Waals surface area contributed by atoms with Gasteiger partial charge in [0.2, 0.25) is 0 Å². The second kappa shape index (κ2) is 17.6. The van der Waals surface area contributed by atoms with Crippen LogP contribution in [0.3, 0.4) is 0 Å². The number of hydrogen-bond acceptors (Lipinski definition) is 1. The third-order valence-corrected chi connectivity index (χ3v) is 27.1. The average molecular weight is 637 g/mol. The number of nitrogens with one attached hydrogen (secondary N) is 1. The maximum Gasteiger partial charge on any atom is -1.00 e. The number of rotatable bonds is 13. The van der Waals surface area contributed by atoms with Gasteiger partial charge in [0.05, 0.1) is 0 Å². The minimum Gasteiger partial charge on any atom is -1.00 e. The summed E-state index contributed by atoms with van der Waals surface area (Å²) in [5, 5.41) is 2.94. The van der Waals surface area contributed by atoms with Crippen molar-refractivity contribution in [2.24, 2.45) is 5.92 Å². The van der Waals surface area contributed by atoms with Crippen LogP contribution in [0.25, 0.3) is 0 Å². The van der Waals surface area contributed by atoms with E-state index in [1.807, 2.05) is 0 Å². The van der Waals surface area contributed by atoms with E-state index in [4.69, 9.17) is 0 Å². The molecule has 0 aliphatic heterocycles. The molecule has 2 aromatic rings. The molecule has 2 nitrogen and oxygen atoms in total. The minimum atomic E-state index is -2.58. The first kappa shape index (κ1) is 34.1. The first-order chi connectivity index (χ1) is 17.0. The van der Waals surface area contributed by atoms with Crippen molar-refractivity contribution in [3.63, 3.8) is 0 Å². The Balaban J connectivity index is 0.00000342. The number of amides is 1. The second-order valence-electron chi connectivity index (χ2n) is 10.2. The zero-order chi connectivity index (χ0) is 25.2. The van der Waals surface area contributed by atoms with Crippen molar-refractivity contribution in [2.75, 3.05) is 0 Å². The predicted molar refractivity (Wildman–Crippen MR) is 150 cm³/mol. The Labute approximate surface area is 247 Å². The summed E-state index contributed by atoms with van der Waals surface area (Å²) in [7, 11) is 0. The Bertz CT molecular complexity index is 987. The maximum atomic E-state index is 13.4. The van der Waals surface area contributed by atoms with Crippen LogP contribution in [0, 0.1) is 5.92 Å². The van der Waals surface area contributed by atoms with Gasteiger partial charge >= 0.3 is 224 Å². The third-order valence-electron chi connectivity index (χ3n) is 7.77. The van der Waals surface area contributed by atoms with Crippen molar-refractivity contribution in [1.29, 1.82) is 0 Å². The molecule has 1 aliphatic carbocycles. The van der Waals surface area contributed by atoms with Crippen LogP contribution >= 0.6 is 0 Å². The van der Waals surface area contributed by atoms with Crippen molar-refractivity contribution in [1.82, 2.24) is 3.26 Å². The summed E-state index contributed by atoms with van der Waals surface area (Å²) in [5.74, 6) is -0.839. The Kier molecular flexibility index (Phi) is 16.2. The maximum absolute atomic E-state index is 13.4. The van der Waals surface area contributed by atoms with E-state index in [2.05, 4.69) is 98.5 Å². The Morgan fingerprint density at radius 2 is 1.27 bits per heavy atom. The molecule has 1 unspecified atom stereocenters. The van der Waals surface area contributed by atoms with Crippen molar-refractivity contribution < 1.29 is 50.8 Å². The summed E-state index contributed by atoms with van der Waals surface area (Å²) in [5.41, 5.74) is 4.40. The predicted octanol–water partition coefficient (Wildman–Crippen LogP) is 0.583. The number of allylic oxidation sites excluding steroid dienone is 4. The van der Waals surface area contributed by atoms with E-state index in [0.717, 1.165) is 6.42 Å². The van der Waals surface area contributed by atoms with Gasteiger partial charge in [0, 0.05) is 0 Å². The topological polar surface area (TPSA) is 29.1 Å². The molecular weight excluding hydrogens is 593 g/mol. The quantitative estimate of drug-likeness (QED) is 0.253. The minimum absolute atomic E-state index is 0. The summed E-state index contributed by atoms with van der Waals surface area (Å²) in [6, 6.07) is 22.2. The van der Waals surface area contributed by atoms with Gasteiger partial charge in [-0.1, -0.05) is 0 Å². The van der Waals surface area contributed by atoms with E-state index < -0.39 is 27.1 Å². The van der Waals surface area contributed by atoms with E-state index in [-0.39, 0.29) is 24.8 Å². The van der Waals surface area contributed by atoms with Crippen LogP contribution in [0.2, 0.25) is 0 Å². The molecule has 0 bridgehead atoms. The SMILES string of the molecule is CCCCCCCCCC(=O)[NH][Zr+2]([C]1=C(C)C(C)=C(C)C1C)[SiH](c1ccccc1)c1ccccc1.[Cl-].[Cl-]. The third kappa shape index (κ3) is 9.34. The summed E-state index contributed by atoms with van der Waals surface area (Å²) < 4.78 is 5.43. The molecule has 3 rings (SSSR count). The Morgan fingerprint density at radius 1 is 0.784 bits per heavy atom. The van der Waals surface area contributed by atoms with Gasteiger partial charge in [-0.15, -0.1) is 0 Å². The van der Waals surface area contributed by atoms with Gasteiger partial charge in [-0.05, 0) is 0 Å². The van der Waals surface area contributed by atoms with E-state index >= 15 is 0 Å². The average Bonchev–Trinajstić information content (AvgIpc) is 3.06. The first-order valence-electron chi connectivity index (χ1n) is 13.6. The fourth-order valence-corrected chi connectivity index (χ4v) is 27.4. The van der Waals surface area contributed by atoms with Crippen molar-refractivity contribution >= 4 is 22.2 Å². The van der Waals surface area contributed by atoms with E-state index in [0.29, 0.717) is 18.2 Å². The molecule has 1 amide bonds. The van der Waals surface area contributed by atoms with Gasteiger partial charge in [-0.3, -0.25) is 0 Å². The monoisotopic (exact) mass is 634 g/mol. The molecule has 1 atom stereocenters. The van der Waals surface area contributed by atoms with E-state index in [1.165, 1.54) is 65.6 Å². The van der Waals surface area contributed by atoms with Gasteiger partial charge in [0.15, 0.2) is 0 Å². The Hall–Kier alpha value is -0.930. The molecular formula is C31H44Cl2NOSiZr. The smallest absolute Gasteiger partial charge is 1.00 e. The van der Waals surface area contributed by atoms with Crippen molar-refractivity contribution in [3.8, 4) is 0 Å². The molecule has 0 aromatic heterocycles. The van der Waals surface area contributed by atoms with Crippen LogP contribution in [0.5, 0.6) is 0 Å². The molecule has 2 aromatic carbocycles. The van der Waals surface area contributed by atoms with E-state index in [9.17, 15) is 4.79 Å². The van der Waals surface area contributed by atoms with Crippen LogP contribution in [0.15, 0.2) is 80.7 Å².